The Labute approximate surface area is 118 Å². The van der Waals surface area contributed by atoms with Gasteiger partial charge in [-0.05, 0) is 58.2 Å². The number of halogens is 4. The molecular weight excluding hydrogens is 446 g/mol. The number of aromatic nitrogens is 1. The van der Waals surface area contributed by atoms with Crippen LogP contribution in [0.2, 0.25) is 0 Å². The summed E-state index contributed by atoms with van der Waals surface area (Å²) in [5.74, 6) is -0.603. The van der Waals surface area contributed by atoms with Crippen LogP contribution in [0.15, 0.2) is 6.07 Å². The SMILES string of the molecule is CCOC(=O)c1cc(I)nc(C(F)F)c1I. The third-order valence-corrected chi connectivity index (χ3v) is 3.34. The van der Waals surface area contributed by atoms with E-state index in [1.807, 2.05) is 0 Å². The maximum atomic E-state index is 12.6. The Morgan fingerprint density at radius 1 is 1.56 bits per heavy atom. The Morgan fingerprint density at radius 3 is 2.69 bits per heavy atom. The highest BCUT2D eigenvalue weighted by molar-refractivity contribution is 14.1. The highest BCUT2D eigenvalue weighted by atomic mass is 127. The van der Waals surface area contributed by atoms with Gasteiger partial charge in [-0.1, -0.05) is 0 Å². The minimum absolute atomic E-state index is 0.136. The van der Waals surface area contributed by atoms with Gasteiger partial charge >= 0.3 is 5.97 Å². The maximum absolute atomic E-state index is 12.6. The molecule has 1 aromatic heterocycles. The molecule has 0 aromatic carbocycles. The molecule has 0 unspecified atom stereocenters. The molecule has 0 bridgehead atoms. The second-order valence-corrected chi connectivity index (χ2v) is 4.90. The van der Waals surface area contributed by atoms with Crippen LogP contribution in [0.3, 0.4) is 0 Å². The van der Waals surface area contributed by atoms with E-state index in [1.54, 1.807) is 52.1 Å². The zero-order valence-electron chi connectivity index (χ0n) is 8.14. The molecule has 0 radical (unpaired) electrons. The number of hydrogen-bond donors (Lipinski definition) is 0. The van der Waals surface area contributed by atoms with Crippen molar-refractivity contribution in [2.75, 3.05) is 6.61 Å². The lowest BCUT2D eigenvalue weighted by atomic mass is 10.2. The molecule has 0 fully saturated rings. The predicted molar refractivity (Wildman–Crippen MR) is 70.6 cm³/mol. The molecule has 0 saturated carbocycles. The molecule has 1 aromatic rings. The summed E-state index contributed by atoms with van der Waals surface area (Å²) in [5.41, 5.74) is -0.243. The summed E-state index contributed by atoms with van der Waals surface area (Å²) in [6.45, 7) is 1.86. The van der Waals surface area contributed by atoms with Crippen molar-refractivity contribution in [2.24, 2.45) is 0 Å². The average Bonchev–Trinajstić information content (AvgIpc) is 2.20. The molecule has 0 amide bonds. The van der Waals surface area contributed by atoms with Crippen LogP contribution in [0.25, 0.3) is 0 Å². The lowest BCUT2D eigenvalue weighted by Gasteiger charge is -2.08. The van der Waals surface area contributed by atoms with Crippen LogP contribution in [0, 0.1) is 7.27 Å². The van der Waals surface area contributed by atoms with E-state index in [0.717, 1.165) is 0 Å². The molecule has 3 nitrogen and oxygen atoms in total. The molecule has 16 heavy (non-hydrogen) atoms. The molecule has 0 atom stereocenters. The van der Waals surface area contributed by atoms with E-state index in [-0.39, 0.29) is 21.4 Å². The quantitative estimate of drug-likeness (QED) is 0.401. The summed E-state index contributed by atoms with van der Waals surface area (Å²) >= 11 is 3.47. The van der Waals surface area contributed by atoms with Crippen molar-refractivity contribution in [3.05, 3.63) is 24.6 Å². The number of nitrogens with zero attached hydrogens (tertiary/aromatic N) is 1. The average molecular weight is 453 g/mol. The summed E-state index contributed by atoms with van der Waals surface area (Å²) in [6.07, 6.45) is -2.70. The van der Waals surface area contributed by atoms with Crippen molar-refractivity contribution < 1.29 is 18.3 Å². The molecule has 0 N–H and O–H groups in total. The van der Waals surface area contributed by atoms with Gasteiger partial charge < -0.3 is 4.74 Å². The van der Waals surface area contributed by atoms with Crippen molar-refractivity contribution in [2.45, 2.75) is 13.3 Å². The van der Waals surface area contributed by atoms with E-state index in [1.165, 1.54) is 6.07 Å². The topological polar surface area (TPSA) is 39.2 Å². The number of hydrogen-bond acceptors (Lipinski definition) is 3. The number of rotatable bonds is 3. The normalized spacial score (nSPS) is 10.6. The van der Waals surface area contributed by atoms with Gasteiger partial charge in [0.15, 0.2) is 0 Å². The van der Waals surface area contributed by atoms with Gasteiger partial charge in [-0.15, -0.1) is 0 Å². The molecule has 1 heterocycles. The first-order valence-corrected chi connectivity index (χ1v) is 6.44. The van der Waals surface area contributed by atoms with E-state index in [0.29, 0.717) is 3.70 Å². The first-order valence-electron chi connectivity index (χ1n) is 4.28. The summed E-state index contributed by atoms with van der Waals surface area (Å²) in [5, 5.41) is 0. The lowest BCUT2D eigenvalue weighted by molar-refractivity contribution is 0.0524. The van der Waals surface area contributed by atoms with E-state index in [4.69, 9.17) is 4.74 Å². The second-order valence-electron chi connectivity index (χ2n) is 2.71. The predicted octanol–water partition coefficient (Wildman–Crippen LogP) is 3.41. The first kappa shape index (κ1) is 14.0. The number of ether oxygens (including phenoxy) is 1. The third-order valence-electron chi connectivity index (χ3n) is 1.65. The maximum Gasteiger partial charge on any atom is 0.339 e. The molecule has 0 aliphatic carbocycles. The van der Waals surface area contributed by atoms with Gasteiger partial charge in [-0.3, -0.25) is 0 Å². The zero-order valence-corrected chi connectivity index (χ0v) is 12.5. The van der Waals surface area contributed by atoms with Crippen LogP contribution in [0.4, 0.5) is 8.78 Å². The fraction of sp³-hybridized carbons (Fsp3) is 0.333. The summed E-state index contributed by atoms with van der Waals surface area (Å²) in [6, 6.07) is 1.44. The summed E-state index contributed by atoms with van der Waals surface area (Å²) in [4.78, 5) is 15.2. The molecule has 0 spiro atoms. The Morgan fingerprint density at radius 2 is 2.19 bits per heavy atom. The number of pyridine rings is 1. The van der Waals surface area contributed by atoms with Gasteiger partial charge in [-0.2, -0.15) is 0 Å². The minimum Gasteiger partial charge on any atom is -0.462 e. The molecule has 0 aliphatic rings. The Balaban J connectivity index is 3.24. The van der Waals surface area contributed by atoms with Gasteiger partial charge in [0.2, 0.25) is 0 Å². The van der Waals surface area contributed by atoms with Crippen molar-refractivity contribution in [3.63, 3.8) is 0 Å². The molecule has 7 heteroatoms. The van der Waals surface area contributed by atoms with E-state index in [9.17, 15) is 13.6 Å². The van der Waals surface area contributed by atoms with Crippen LogP contribution in [0.5, 0.6) is 0 Å². The smallest absolute Gasteiger partial charge is 0.339 e. The van der Waals surface area contributed by atoms with E-state index < -0.39 is 12.4 Å². The molecule has 0 saturated heterocycles. The van der Waals surface area contributed by atoms with Crippen LogP contribution in [-0.2, 0) is 4.74 Å². The standard InChI is InChI=1S/C9H7F2I2NO2/c1-2-16-9(15)4-3-5(12)14-7(6(4)13)8(10)11/h3,8H,2H2,1H3. The van der Waals surface area contributed by atoms with E-state index in [2.05, 4.69) is 4.98 Å². The highest BCUT2D eigenvalue weighted by Crippen LogP contribution is 2.26. The Hall–Kier alpha value is -0.0600. The van der Waals surface area contributed by atoms with Crippen molar-refractivity contribution in [1.82, 2.24) is 4.98 Å². The van der Waals surface area contributed by atoms with Crippen LogP contribution in [-0.4, -0.2) is 17.6 Å². The first-order chi connectivity index (χ1) is 7.47. The van der Waals surface area contributed by atoms with Crippen LogP contribution < -0.4 is 0 Å². The van der Waals surface area contributed by atoms with Gasteiger partial charge in [0.05, 0.1) is 15.7 Å². The number of alkyl halides is 2. The zero-order chi connectivity index (χ0) is 12.3. The van der Waals surface area contributed by atoms with E-state index >= 15 is 0 Å². The van der Waals surface area contributed by atoms with Gasteiger partial charge in [0, 0.05) is 0 Å². The number of esters is 1. The number of carbonyl (C=O) groups excluding carboxylic acids is 1. The van der Waals surface area contributed by atoms with Gasteiger partial charge in [0.25, 0.3) is 6.43 Å². The fourth-order valence-corrected chi connectivity index (χ4v) is 2.32. The highest BCUT2D eigenvalue weighted by Gasteiger charge is 2.21. The van der Waals surface area contributed by atoms with Gasteiger partial charge in [-0.25, -0.2) is 18.6 Å². The molecular formula is C9H7F2I2NO2. The Kier molecular flexibility index (Phi) is 5.28. The largest absolute Gasteiger partial charge is 0.462 e. The summed E-state index contributed by atoms with van der Waals surface area (Å²) in [7, 11) is 0. The number of carbonyl (C=O) groups is 1. The second kappa shape index (κ2) is 6.03. The molecule has 88 valence electrons. The summed E-state index contributed by atoms with van der Waals surface area (Å²) < 4.78 is 30.5. The van der Waals surface area contributed by atoms with Crippen molar-refractivity contribution in [3.8, 4) is 0 Å². The molecule has 0 aliphatic heterocycles. The van der Waals surface area contributed by atoms with Crippen molar-refractivity contribution >= 4 is 51.2 Å². The minimum atomic E-state index is -2.70. The van der Waals surface area contributed by atoms with Crippen LogP contribution >= 0.6 is 45.2 Å². The lowest BCUT2D eigenvalue weighted by Crippen LogP contribution is -2.11. The Bertz CT molecular complexity index is 413. The van der Waals surface area contributed by atoms with Crippen LogP contribution in [0.1, 0.15) is 29.4 Å². The fourth-order valence-electron chi connectivity index (χ4n) is 1.02. The van der Waals surface area contributed by atoms with Crippen molar-refractivity contribution in [1.29, 1.82) is 0 Å². The third kappa shape index (κ3) is 3.22. The molecule has 1 rings (SSSR count). The monoisotopic (exact) mass is 453 g/mol. The van der Waals surface area contributed by atoms with Gasteiger partial charge in [0.1, 0.15) is 9.39 Å².